The van der Waals surface area contributed by atoms with Crippen LogP contribution in [0.15, 0.2) is 24.3 Å². The van der Waals surface area contributed by atoms with Crippen LogP contribution in [0.2, 0.25) is 0 Å². The Morgan fingerprint density at radius 3 is 2.58 bits per heavy atom. The van der Waals surface area contributed by atoms with E-state index in [0.29, 0.717) is 5.66 Å². The fourth-order valence-corrected chi connectivity index (χ4v) is 3.28. The molecule has 12 heavy (non-hydrogen) atoms. The molecule has 1 unspecified atom stereocenters. The summed E-state index contributed by atoms with van der Waals surface area (Å²) in [5, 5.41) is 1.10. The molecule has 2 heteroatoms. The summed E-state index contributed by atoms with van der Waals surface area (Å²) >= 11 is 0. The van der Waals surface area contributed by atoms with Crippen molar-refractivity contribution in [3.05, 3.63) is 29.8 Å². The van der Waals surface area contributed by atoms with E-state index in [9.17, 15) is 4.57 Å². The van der Waals surface area contributed by atoms with Crippen LogP contribution in [0.3, 0.4) is 0 Å². The highest BCUT2D eigenvalue weighted by Gasteiger charge is 2.29. The van der Waals surface area contributed by atoms with Crippen LogP contribution in [0.5, 0.6) is 0 Å². The molecule has 1 fully saturated rings. The molecule has 1 nitrogen and oxygen atoms in total. The first kappa shape index (κ1) is 8.07. The van der Waals surface area contributed by atoms with Gasteiger partial charge in [-0.1, -0.05) is 24.3 Å². The maximum Gasteiger partial charge on any atom is 0.107 e. The van der Waals surface area contributed by atoms with Crippen LogP contribution in [-0.4, -0.2) is 5.66 Å². The maximum absolute atomic E-state index is 11.8. The van der Waals surface area contributed by atoms with E-state index in [4.69, 9.17) is 0 Å². The summed E-state index contributed by atoms with van der Waals surface area (Å²) in [6.07, 6.45) is 2.35. The van der Waals surface area contributed by atoms with Gasteiger partial charge in [0.15, 0.2) is 0 Å². The first-order valence-corrected chi connectivity index (χ1v) is 5.87. The van der Waals surface area contributed by atoms with Gasteiger partial charge in [-0.25, -0.2) is 0 Å². The molecule has 1 aliphatic rings. The van der Waals surface area contributed by atoms with Crippen molar-refractivity contribution in [3.8, 4) is 0 Å². The lowest BCUT2D eigenvalue weighted by molar-refractivity contribution is 0.592. The van der Waals surface area contributed by atoms with Crippen molar-refractivity contribution in [3.63, 3.8) is 0 Å². The van der Waals surface area contributed by atoms with Crippen molar-refractivity contribution in [2.75, 3.05) is 0 Å². The Morgan fingerprint density at radius 2 is 2.00 bits per heavy atom. The van der Waals surface area contributed by atoms with Crippen molar-refractivity contribution in [1.29, 1.82) is 0 Å². The van der Waals surface area contributed by atoms with Gasteiger partial charge in [-0.2, -0.15) is 0 Å². The van der Waals surface area contributed by atoms with E-state index in [1.807, 2.05) is 31.2 Å². The Hall–Kier alpha value is -0.550. The van der Waals surface area contributed by atoms with Crippen LogP contribution >= 0.6 is 7.80 Å². The zero-order valence-corrected chi connectivity index (χ0v) is 8.21. The van der Waals surface area contributed by atoms with E-state index in [0.717, 1.165) is 5.30 Å². The van der Waals surface area contributed by atoms with Crippen LogP contribution in [0, 0.1) is 6.92 Å². The summed E-state index contributed by atoms with van der Waals surface area (Å²) in [5.41, 5.74) is 1.71. The van der Waals surface area contributed by atoms with Crippen LogP contribution in [0.4, 0.5) is 0 Å². The highest BCUT2D eigenvalue weighted by Crippen LogP contribution is 2.44. The lowest BCUT2D eigenvalue weighted by atomic mass is 10.2. The van der Waals surface area contributed by atoms with Gasteiger partial charge in [0.1, 0.15) is 7.80 Å². The normalized spacial score (nSPS) is 19.1. The molecule has 2 rings (SSSR count). The van der Waals surface area contributed by atoms with E-state index >= 15 is 0 Å². The van der Waals surface area contributed by atoms with Crippen molar-refractivity contribution in [2.24, 2.45) is 0 Å². The van der Waals surface area contributed by atoms with Gasteiger partial charge in [-0.3, -0.25) is 0 Å². The molecule has 0 heterocycles. The van der Waals surface area contributed by atoms with Crippen molar-refractivity contribution in [1.82, 2.24) is 0 Å². The van der Waals surface area contributed by atoms with Gasteiger partial charge in [0.2, 0.25) is 0 Å². The second-order valence-electron chi connectivity index (χ2n) is 3.45. The molecule has 0 radical (unpaired) electrons. The predicted octanol–water partition coefficient (Wildman–Crippen LogP) is 2.34. The topological polar surface area (TPSA) is 17.1 Å². The number of hydrogen-bond donors (Lipinski definition) is 0. The Morgan fingerprint density at radius 1 is 1.33 bits per heavy atom. The van der Waals surface area contributed by atoms with Gasteiger partial charge in [0.05, 0.1) is 0 Å². The molecule has 1 aromatic rings. The van der Waals surface area contributed by atoms with E-state index < -0.39 is 7.80 Å². The summed E-state index contributed by atoms with van der Waals surface area (Å²) in [6, 6.07) is 8.03. The Labute approximate surface area is 73.6 Å². The van der Waals surface area contributed by atoms with E-state index in [1.165, 1.54) is 18.4 Å². The van der Waals surface area contributed by atoms with Gasteiger partial charge in [0, 0.05) is 11.0 Å². The minimum Gasteiger partial charge on any atom is -0.322 e. The number of aryl methyl sites for hydroxylation is 1. The fourth-order valence-electron chi connectivity index (χ4n) is 1.41. The van der Waals surface area contributed by atoms with Crippen molar-refractivity contribution in [2.45, 2.75) is 25.4 Å². The highest BCUT2D eigenvalue weighted by molar-refractivity contribution is 7.54. The highest BCUT2D eigenvalue weighted by atomic mass is 31.1. The maximum atomic E-state index is 11.8. The molecule has 64 valence electrons. The minimum absolute atomic E-state index is 0.524. The average Bonchev–Trinajstić information content (AvgIpc) is 2.86. The smallest absolute Gasteiger partial charge is 0.107 e. The standard InChI is InChI=1S/C10H13OP/c1-8-4-2-3-5-10(8)12(11)9-6-7-9/h2-5,9,12H,6-7H2,1H3. The lowest BCUT2D eigenvalue weighted by Gasteiger charge is -2.03. The molecule has 0 aromatic heterocycles. The molecule has 0 bridgehead atoms. The quantitative estimate of drug-likeness (QED) is 0.638. The number of hydrogen-bond acceptors (Lipinski definition) is 1. The molecular formula is C10H13OP. The molecule has 0 aliphatic heterocycles. The van der Waals surface area contributed by atoms with Crippen LogP contribution in [0.1, 0.15) is 18.4 Å². The second kappa shape index (κ2) is 3.06. The molecule has 1 aromatic carbocycles. The summed E-state index contributed by atoms with van der Waals surface area (Å²) in [5.74, 6) is 0. The van der Waals surface area contributed by atoms with Crippen molar-refractivity contribution >= 4 is 13.1 Å². The van der Waals surface area contributed by atoms with Crippen LogP contribution in [-0.2, 0) is 4.57 Å². The SMILES string of the molecule is Cc1ccccc1[PH](=O)C1CC1. The van der Waals surface area contributed by atoms with Crippen molar-refractivity contribution < 1.29 is 4.57 Å². The van der Waals surface area contributed by atoms with Gasteiger partial charge < -0.3 is 4.57 Å². The van der Waals surface area contributed by atoms with E-state index in [2.05, 4.69) is 0 Å². The molecule has 1 saturated carbocycles. The fraction of sp³-hybridized carbons (Fsp3) is 0.400. The molecule has 0 spiro atoms. The minimum atomic E-state index is -1.45. The third-order valence-corrected chi connectivity index (χ3v) is 4.77. The third kappa shape index (κ3) is 1.47. The average molecular weight is 180 g/mol. The summed E-state index contributed by atoms with van der Waals surface area (Å²) in [7, 11) is -1.45. The zero-order chi connectivity index (χ0) is 8.55. The Bertz CT molecular complexity index is 315. The number of rotatable bonds is 2. The summed E-state index contributed by atoms with van der Waals surface area (Å²) in [4.78, 5) is 0. The first-order valence-electron chi connectivity index (χ1n) is 4.39. The molecule has 0 saturated heterocycles. The van der Waals surface area contributed by atoms with Crippen LogP contribution < -0.4 is 5.30 Å². The zero-order valence-electron chi connectivity index (χ0n) is 7.21. The van der Waals surface area contributed by atoms with Gasteiger partial charge >= 0.3 is 0 Å². The molecule has 1 atom stereocenters. The van der Waals surface area contributed by atoms with Gasteiger partial charge in [-0.15, -0.1) is 0 Å². The predicted molar refractivity (Wildman–Crippen MR) is 52.8 cm³/mol. The molecule has 1 aliphatic carbocycles. The van der Waals surface area contributed by atoms with Gasteiger partial charge in [-0.05, 0) is 25.3 Å². The molecule has 0 amide bonds. The Kier molecular flexibility index (Phi) is 2.06. The largest absolute Gasteiger partial charge is 0.322 e. The third-order valence-electron chi connectivity index (χ3n) is 2.36. The van der Waals surface area contributed by atoms with Crippen LogP contribution in [0.25, 0.3) is 0 Å². The van der Waals surface area contributed by atoms with Gasteiger partial charge in [0.25, 0.3) is 0 Å². The number of benzene rings is 1. The van der Waals surface area contributed by atoms with E-state index in [-0.39, 0.29) is 0 Å². The summed E-state index contributed by atoms with van der Waals surface area (Å²) in [6.45, 7) is 2.04. The first-order chi connectivity index (χ1) is 5.79. The van der Waals surface area contributed by atoms with E-state index in [1.54, 1.807) is 0 Å². The molecule has 0 N–H and O–H groups in total. The lowest BCUT2D eigenvalue weighted by Crippen LogP contribution is -2.02. The molecular weight excluding hydrogens is 167 g/mol. The summed E-state index contributed by atoms with van der Waals surface area (Å²) < 4.78 is 11.8. The Balaban J connectivity index is 2.32. The second-order valence-corrected chi connectivity index (χ2v) is 5.54. The monoisotopic (exact) mass is 180 g/mol.